The van der Waals surface area contributed by atoms with E-state index in [0.29, 0.717) is 0 Å². The van der Waals surface area contributed by atoms with E-state index in [4.69, 9.17) is 0 Å². The first-order chi connectivity index (χ1) is 13.9. The minimum Gasteiger partial charge on any atom is -0.264 e. The highest BCUT2D eigenvalue weighted by atomic mass is 14.7. The third-order valence-corrected chi connectivity index (χ3v) is 5.58. The van der Waals surface area contributed by atoms with Gasteiger partial charge in [-0.3, -0.25) is 9.97 Å². The fourth-order valence-electron chi connectivity index (χ4n) is 4.32. The zero-order chi connectivity index (χ0) is 18.5. The van der Waals surface area contributed by atoms with Crippen LogP contribution in [0.4, 0.5) is 0 Å². The zero-order valence-electron chi connectivity index (χ0n) is 15.1. The molecule has 2 heteroatoms. The van der Waals surface area contributed by atoms with Crippen molar-refractivity contribution >= 4 is 32.3 Å². The molecule has 0 aliphatic heterocycles. The average Bonchev–Trinajstić information content (AvgIpc) is 2.78. The molecule has 0 amide bonds. The summed E-state index contributed by atoms with van der Waals surface area (Å²) in [6.45, 7) is 0. The highest BCUT2D eigenvalue weighted by molar-refractivity contribution is 6.27. The Morgan fingerprint density at radius 2 is 1.25 bits per heavy atom. The van der Waals surface area contributed by atoms with Crippen LogP contribution in [0, 0.1) is 0 Å². The van der Waals surface area contributed by atoms with Gasteiger partial charge in [0, 0.05) is 29.7 Å². The third-order valence-electron chi connectivity index (χ3n) is 5.58. The molecule has 0 atom stereocenters. The zero-order valence-corrected chi connectivity index (χ0v) is 15.1. The van der Waals surface area contributed by atoms with Gasteiger partial charge in [0.25, 0.3) is 0 Å². The lowest BCUT2D eigenvalue weighted by Gasteiger charge is -2.16. The average molecular weight is 356 g/mol. The second kappa shape index (κ2) is 5.86. The Hall–Kier alpha value is -3.78. The Morgan fingerprint density at radius 3 is 1.93 bits per heavy atom. The smallest absolute Gasteiger partial charge is 0.0708 e. The maximum atomic E-state index is 4.59. The van der Waals surface area contributed by atoms with Crippen LogP contribution in [0.1, 0.15) is 0 Å². The van der Waals surface area contributed by atoms with E-state index in [9.17, 15) is 0 Å². The number of hydrogen-bond donors (Lipinski definition) is 0. The minimum absolute atomic E-state index is 1.01. The van der Waals surface area contributed by atoms with Gasteiger partial charge in [-0.1, -0.05) is 60.7 Å². The quantitative estimate of drug-likeness (QED) is 0.322. The fourth-order valence-corrected chi connectivity index (χ4v) is 4.32. The van der Waals surface area contributed by atoms with Gasteiger partial charge in [-0.2, -0.15) is 0 Å². The maximum absolute atomic E-state index is 4.59. The maximum Gasteiger partial charge on any atom is 0.0708 e. The van der Waals surface area contributed by atoms with Crippen molar-refractivity contribution < 1.29 is 0 Å². The van der Waals surface area contributed by atoms with E-state index in [1.807, 2.05) is 36.8 Å². The lowest BCUT2D eigenvalue weighted by molar-refractivity contribution is 1.33. The van der Waals surface area contributed by atoms with Crippen molar-refractivity contribution in [2.24, 2.45) is 0 Å². The SMILES string of the molecule is c1ccc(-c2ccc3ccc4c(-c5cccnc5)ccc5ccc2c3c54)nc1. The van der Waals surface area contributed by atoms with Crippen LogP contribution in [0.5, 0.6) is 0 Å². The van der Waals surface area contributed by atoms with Crippen LogP contribution >= 0.6 is 0 Å². The monoisotopic (exact) mass is 356 g/mol. The van der Waals surface area contributed by atoms with E-state index >= 15 is 0 Å². The molecular weight excluding hydrogens is 340 g/mol. The molecule has 0 radical (unpaired) electrons. The highest BCUT2D eigenvalue weighted by Crippen LogP contribution is 2.41. The summed E-state index contributed by atoms with van der Waals surface area (Å²) in [5, 5.41) is 7.66. The van der Waals surface area contributed by atoms with Gasteiger partial charge in [0.15, 0.2) is 0 Å². The van der Waals surface area contributed by atoms with E-state index in [-0.39, 0.29) is 0 Å². The van der Waals surface area contributed by atoms with Gasteiger partial charge in [0.1, 0.15) is 0 Å². The summed E-state index contributed by atoms with van der Waals surface area (Å²) >= 11 is 0. The van der Waals surface area contributed by atoms with Crippen LogP contribution in [0.25, 0.3) is 54.7 Å². The molecule has 6 rings (SSSR count). The summed E-state index contributed by atoms with van der Waals surface area (Å²) in [6.07, 6.45) is 5.61. The molecule has 0 spiro atoms. The number of pyridine rings is 2. The second-order valence-electron chi connectivity index (χ2n) is 7.11. The largest absolute Gasteiger partial charge is 0.264 e. The normalized spacial score (nSPS) is 11.6. The molecule has 6 aromatic rings. The Labute approximate surface area is 162 Å². The predicted octanol–water partition coefficient (Wildman–Crippen LogP) is 6.71. The Morgan fingerprint density at radius 1 is 0.536 bits per heavy atom. The molecule has 2 aromatic heterocycles. The van der Waals surface area contributed by atoms with Crippen molar-refractivity contribution in [3.8, 4) is 22.4 Å². The second-order valence-corrected chi connectivity index (χ2v) is 7.11. The molecule has 2 heterocycles. The summed E-state index contributed by atoms with van der Waals surface area (Å²) in [7, 11) is 0. The fraction of sp³-hybridized carbons (Fsp3) is 0. The van der Waals surface area contributed by atoms with Gasteiger partial charge in [0.05, 0.1) is 5.69 Å². The third kappa shape index (κ3) is 2.15. The number of aromatic nitrogens is 2. The van der Waals surface area contributed by atoms with E-state index in [2.05, 4.69) is 70.6 Å². The topological polar surface area (TPSA) is 25.8 Å². The molecule has 0 aliphatic rings. The summed E-state index contributed by atoms with van der Waals surface area (Å²) in [4.78, 5) is 8.90. The molecule has 0 bridgehead atoms. The van der Waals surface area contributed by atoms with Gasteiger partial charge in [-0.15, -0.1) is 0 Å². The van der Waals surface area contributed by atoms with Crippen LogP contribution < -0.4 is 0 Å². The van der Waals surface area contributed by atoms with Crippen LogP contribution in [0.2, 0.25) is 0 Å². The lowest BCUT2D eigenvalue weighted by atomic mass is 9.88. The summed E-state index contributed by atoms with van der Waals surface area (Å²) in [5.74, 6) is 0. The number of rotatable bonds is 2. The Kier molecular flexibility index (Phi) is 3.20. The van der Waals surface area contributed by atoms with E-state index in [0.717, 1.165) is 11.3 Å². The molecule has 0 unspecified atom stereocenters. The molecule has 0 fully saturated rings. The lowest BCUT2D eigenvalue weighted by Crippen LogP contribution is -1.90. The van der Waals surface area contributed by atoms with Gasteiger partial charge in [-0.25, -0.2) is 0 Å². The molecule has 0 saturated carbocycles. The van der Waals surface area contributed by atoms with E-state index < -0.39 is 0 Å². The predicted molar refractivity (Wildman–Crippen MR) is 117 cm³/mol. The van der Waals surface area contributed by atoms with Crippen LogP contribution in [0.3, 0.4) is 0 Å². The molecular formula is C26H16N2. The van der Waals surface area contributed by atoms with Crippen molar-refractivity contribution in [3.63, 3.8) is 0 Å². The summed E-state index contributed by atoms with van der Waals surface area (Å²) < 4.78 is 0. The Balaban J connectivity index is 1.76. The summed E-state index contributed by atoms with van der Waals surface area (Å²) in [6, 6.07) is 27.9. The van der Waals surface area contributed by atoms with Crippen molar-refractivity contribution in [3.05, 3.63) is 97.5 Å². The molecule has 2 nitrogen and oxygen atoms in total. The van der Waals surface area contributed by atoms with Crippen molar-refractivity contribution in [1.82, 2.24) is 9.97 Å². The summed E-state index contributed by atoms with van der Waals surface area (Å²) in [5.41, 5.74) is 4.55. The van der Waals surface area contributed by atoms with Crippen LogP contribution in [-0.2, 0) is 0 Å². The first-order valence-corrected chi connectivity index (χ1v) is 9.42. The van der Waals surface area contributed by atoms with Crippen molar-refractivity contribution in [1.29, 1.82) is 0 Å². The molecule has 0 aliphatic carbocycles. The van der Waals surface area contributed by atoms with Gasteiger partial charge in [-0.05, 0) is 56.1 Å². The van der Waals surface area contributed by atoms with Gasteiger partial charge >= 0.3 is 0 Å². The molecule has 28 heavy (non-hydrogen) atoms. The molecule has 4 aromatic carbocycles. The molecule has 0 saturated heterocycles. The Bertz CT molecular complexity index is 1320. The highest BCUT2D eigenvalue weighted by Gasteiger charge is 2.14. The van der Waals surface area contributed by atoms with Gasteiger partial charge in [0.2, 0.25) is 0 Å². The van der Waals surface area contributed by atoms with Gasteiger partial charge < -0.3 is 0 Å². The van der Waals surface area contributed by atoms with Crippen molar-refractivity contribution in [2.75, 3.05) is 0 Å². The molecule has 130 valence electrons. The molecule has 0 N–H and O–H groups in total. The number of hydrogen-bond acceptors (Lipinski definition) is 2. The van der Waals surface area contributed by atoms with E-state index in [1.165, 1.54) is 43.4 Å². The van der Waals surface area contributed by atoms with E-state index in [1.54, 1.807) is 0 Å². The number of nitrogens with zero attached hydrogens (tertiary/aromatic N) is 2. The minimum atomic E-state index is 1.01. The first-order valence-electron chi connectivity index (χ1n) is 9.42. The van der Waals surface area contributed by atoms with Crippen molar-refractivity contribution in [2.45, 2.75) is 0 Å². The first kappa shape index (κ1) is 15.3. The number of benzene rings is 4. The van der Waals surface area contributed by atoms with Crippen LogP contribution in [-0.4, -0.2) is 9.97 Å². The standard InChI is InChI=1S/C26H16N2/c1-2-15-28-24(5-1)21-11-7-18-8-12-22-20(19-4-3-14-27-16-19)10-6-17-9-13-23(21)26(18)25(17)22/h1-16H. The van der Waals surface area contributed by atoms with Crippen LogP contribution in [0.15, 0.2) is 97.5 Å².